The van der Waals surface area contributed by atoms with Crippen molar-refractivity contribution in [2.45, 2.75) is 80.9 Å². The Morgan fingerprint density at radius 1 is 1.05 bits per heavy atom. The third-order valence-corrected chi connectivity index (χ3v) is 11.2. The van der Waals surface area contributed by atoms with E-state index in [9.17, 15) is 39.9 Å². The van der Waals surface area contributed by atoms with Crippen molar-refractivity contribution in [1.82, 2.24) is 0 Å². The minimum Gasteiger partial charge on any atom is -0.432 e. The smallest absolute Gasteiger partial charge is 0.264 e. The molecular weight excluding hydrogens is 564 g/mol. The first-order valence-electron chi connectivity index (χ1n) is 14.0. The van der Waals surface area contributed by atoms with Gasteiger partial charge in [0.05, 0.1) is 18.3 Å². The highest BCUT2D eigenvalue weighted by atomic mass is 28.4. The number of hydrogen-bond donors (Lipinski definition) is 7. The standard InChI is InChI=1S/C29H38N2O10Si/c1-15-25(42(2,3)39)20(11-12-32)41-29(15)18-13-17(30-26(36)24-22(34)21(33)23(35)27(37)40-24)9-10-19(18)31(28(29)38)14-16-7-5-4-6-8-16/h4-10,13,15,20-25,27,32-35,37,39H,11-12,14H2,1-3H3,(H,30,36)/t15-,20+,21-,22-,23+,24-,25-,27+,29+/m0/s1. The lowest BCUT2D eigenvalue weighted by Crippen LogP contribution is -2.60. The maximum atomic E-state index is 14.4. The predicted octanol–water partition coefficient (Wildman–Crippen LogP) is 0.152. The third-order valence-electron chi connectivity index (χ3n) is 8.70. The van der Waals surface area contributed by atoms with E-state index in [-0.39, 0.29) is 36.7 Å². The minimum atomic E-state index is -2.91. The van der Waals surface area contributed by atoms with Crippen molar-refractivity contribution in [1.29, 1.82) is 0 Å². The molecule has 0 unspecified atom stereocenters. The van der Waals surface area contributed by atoms with E-state index in [0.29, 0.717) is 11.3 Å². The molecular formula is C29H38N2O10Si. The fourth-order valence-corrected chi connectivity index (χ4v) is 9.37. The van der Waals surface area contributed by atoms with Crippen LogP contribution in [0.1, 0.15) is 24.5 Å². The van der Waals surface area contributed by atoms with Gasteiger partial charge in [0.25, 0.3) is 11.8 Å². The van der Waals surface area contributed by atoms with Crippen molar-refractivity contribution in [3.63, 3.8) is 0 Å². The number of aliphatic hydroxyl groups is 5. The van der Waals surface area contributed by atoms with Crippen LogP contribution >= 0.6 is 0 Å². The molecule has 2 fully saturated rings. The van der Waals surface area contributed by atoms with Crippen LogP contribution in [0.4, 0.5) is 11.4 Å². The molecule has 3 aliphatic heterocycles. The summed E-state index contributed by atoms with van der Waals surface area (Å²) in [6.07, 6.45) is -9.31. The van der Waals surface area contributed by atoms with Crippen LogP contribution in [0, 0.1) is 5.92 Å². The van der Waals surface area contributed by atoms with Gasteiger partial charge in [-0.1, -0.05) is 37.3 Å². The van der Waals surface area contributed by atoms with E-state index < -0.39 is 62.6 Å². The molecule has 2 aromatic carbocycles. The highest BCUT2D eigenvalue weighted by Gasteiger charge is 2.66. The van der Waals surface area contributed by atoms with Crippen LogP contribution in [-0.2, 0) is 31.2 Å². The molecule has 0 saturated carbocycles. The highest BCUT2D eigenvalue weighted by Crippen LogP contribution is 2.60. The average Bonchev–Trinajstić information content (AvgIpc) is 3.36. The van der Waals surface area contributed by atoms with Crippen LogP contribution in [-0.4, -0.2) is 93.9 Å². The molecule has 228 valence electrons. The molecule has 0 aromatic heterocycles. The minimum absolute atomic E-state index is 0.185. The number of hydrogen-bond acceptors (Lipinski definition) is 10. The van der Waals surface area contributed by atoms with E-state index in [0.717, 1.165) is 5.56 Å². The molecule has 3 heterocycles. The largest absolute Gasteiger partial charge is 0.432 e. The molecule has 2 amide bonds. The second-order valence-corrected chi connectivity index (χ2v) is 15.9. The Morgan fingerprint density at radius 2 is 1.74 bits per heavy atom. The fraction of sp³-hybridized carbons (Fsp3) is 0.517. The second kappa shape index (κ2) is 11.4. The molecule has 13 heteroatoms. The Kier molecular flexibility index (Phi) is 8.35. The van der Waals surface area contributed by atoms with Crippen molar-refractivity contribution in [2.24, 2.45) is 5.92 Å². The summed E-state index contributed by atoms with van der Waals surface area (Å²) < 4.78 is 11.7. The van der Waals surface area contributed by atoms with Crippen molar-refractivity contribution in [2.75, 3.05) is 16.8 Å². The van der Waals surface area contributed by atoms with Gasteiger partial charge in [-0.15, -0.1) is 0 Å². The maximum absolute atomic E-state index is 14.4. The maximum Gasteiger partial charge on any atom is 0.264 e. The van der Waals surface area contributed by atoms with Gasteiger partial charge < -0.3 is 50.0 Å². The number of amides is 2. The summed E-state index contributed by atoms with van der Waals surface area (Å²) in [5, 5.41) is 52.4. The van der Waals surface area contributed by atoms with E-state index in [4.69, 9.17) is 9.47 Å². The van der Waals surface area contributed by atoms with Gasteiger partial charge in [0.15, 0.2) is 26.3 Å². The normalized spacial score (nSPS) is 34.6. The fourth-order valence-electron chi connectivity index (χ4n) is 6.77. The van der Waals surface area contributed by atoms with Crippen molar-refractivity contribution in [3.8, 4) is 0 Å². The Labute approximate surface area is 244 Å². The quantitative estimate of drug-likeness (QED) is 0.215. The third kappa shape index (κ3) is 5.08. The summed E-state index contributed by atoms with van der Waals surface area (Å²) in [4.78, 5) is 40.4. The SMILES string of the molecule is C[C@H]1[C@H]([Si](C)(C)O)[C@@H](CCO)O[C@]12C(=O)N(Cc1ccccc1)c1ccc(NC(=O)[C@H]3O[C@@H](O)[C@H](O)[C@@H](O)[C@@H]3O)cc12. The van der Waals surface area contributed by atoms with Gasteiger partial charge in [0.1, 0.15) is 18.3 Å². The number of benzene rings is 2. The van der Waals surface area contributed by atoms with Crippen LogP contribution < -0.4 is 10.2 Å². The first-order chi connectivity index (χ1) is 19.8. The van der Waals surface area contributed by atoms with Crippen molar-refractivity contribution in [3.05, 3.63) is 59.7 Å². The van der Waals surface area contributed by atoms with Crippen LogP contribution in [0.3, 0.4) is 0 Å². The van der Waals surface area contributed by atoms with E-state index in [1.807, 2.05) is 37.3 Å². The number of fused-ring (bicyclic) bond motifs is 2. The van der Waals surface area contributed by atoms with Gasteiger partial charge in [0, 0.05) is 29.3 Å². The number of ether oxygens (including phenoxy) is 2. The summed E-state index contributed by atoms with van der Waals surface area (Å²) in [7, 11) is -2.91. The molecule has 12 nitrogen and oxygen atoms in total. The summed E-state index contributed by atoms with van der Waals surface area (Å²) in [5.74, 6) is -1.67. The molecule has 1 spiro atoms. The average molecular weight is 603 g/mol. The monoisotopic (exact) mass is 602 g/mol. The van der Waals surface area contributed by atoms with Crippen LogP contribution in [0.5, 0.6) is 0 Å². The van der Waals surface area contributed by atoms with E-state index in [2.05, 4.69) is 5.32 Å². The van der Waals surface area contributed by atoms with Gasteiger partial charge in [-0.2, -0.15) is 0 Å². The van der Waals surface area contributed by atoms with Gasteiger partial charge in [-0.3, -0.25) is 9.59 Å². The highest BCUT2D eigenvalue weighted by molar-refractivity contribution is 6.71. The van der Waals surface area contributed by atoms with E-state index >= 15 is 0 Å². The van der Waals surface area contributed by atoms with Crippen molar-refractivity contribution >= 4 is 31.5 Å². The molecule has 0 bridgehead atoms. The summed E-state index contributed by atoms with van der Waals surface area (Å²) >= 11 is 0. The van der Waals surface area contributed by atoms with Crippen LogP contribution in [0.25, 0.3) is 0 Å². The molecule has 0 aliphatic carbocycles. The predicted molar refractivity (Wildman–Crippen MR) is 152 cm³/mol. The van der Waals surface area contributed by atoms with Gasteiger partial charge in [-0.05, 0) is 43.3 Å². The molecule has 5 rings (SSSR count). The molecule has 42 heavy (non-hydrogen) atoms. The van der Waals surface area contributed by atoms with E-state index in [1.165, 1.54) is 0 Å². The zero-order valence-electron chi connectivity index (χ0n) is 23.6. The van der Waals surface area contributed by atoms with Crippen molar-refractivity contribution < 1.29 is 49.4 Å². The lowest BCUT2D eigenvalue weighted by atomic mass is 9.82. The lowest BCUT2D eigenvalue weighted by Gasteiger charge is -2.37. The van der Waals surface area contributed by atoms with Crippen LogP contribution in [0.15, 0.2) is 48.5 Å². The number of nitrogens with one attached hydrogen (secondary N) is 1. The summed E-state index contributed by atoms with van der Waals surface area (Å²) in [6, 6.07) is 14.3. The number of carbonyl (C=O) groups excluding carboxylic acids is 2. The Balaban J connectivity index is 1.54. The Bertz CT molecular complexity index is 1320. The topological polar surface area (TPSA) is 189 Å². The van der Waals surface area contributed by atoms with E-state index in [1.54, 1.807) is 36.2 Å². The first kappa shape index (κ1) is 30.7. The van der Waals surface area contributed by atoms with Gasteiger partial charge in [-0.25, -0.2) is 0 Å². The number of anilines is 2. The lowest BCUT2D eigenvalue weighted by molar-refractivity contribution is -0.274. The number of rotatable bonds is 7. The van der Waals surface area contributed by atoms with Gasteiger partial charge in [0.2, 0.25) is 0 Å². The summed E-state index contributed by atoms with van der Waals surface area (Å²) in [6.45, 7) is 5.51. The molecule has 3 aliphatic rings. The summed E-state index contributed by atoms with van der Waals surface area (Å²) in [5.41, 5.74) is 0.295. The number of nitrogens with zero attached hydrogens (tertiary/aromatic N) is 1. The van der Waals surface area contributed by atoms with Gasteiger partial charge >= 0.3 is 0 Å². The number of aliphatic hydroxyl groups excluding tert-OH is 5. The zero-order chi connectivity index (χ0) is 30.6. The first-order valence-corrected chi connectivity index (χ1v) is 17.0. The number of carbonyl (C=O) groups is 2. The molecule has 7 N–H and O–H groups in total. The molecule has 2 saturated heterocycles. The second-order valence-electron chi connectivity index (χ2n) is 11.9. The molecule has 2 aromatic rings. The Hall–Kier alpha value is -2.72. The Morgan fingerprint density at radius 3 is 2.38 bits per heavy atom. The van der Waals surface area contributed by atoms with Crippen LogP contribution in [0.2, 0.25) is 18.6 Å². The molecule has 0 radical (unpaired) electrons. The zero-order valence-corrected chi connectivity index (χ0v) is 24.6. The molecule has 9 atom stereocenters.